The van der Waals surface area contributed by atoms with Gasteiger partial charge in [-0.25, -0.2) is 14.6 Å². The Bertz CT molecular complexity index is 570. The highest BCUT2D eigenvalue weighted by Crippen LogP contribution is 2.11. The summed E-state index contributed by atoms with van der Waals surface area (Å²) < 4.78 is 6.11. The first-order chi connectivity index (χ1) is 7.68. The maximum absolute atomic E-state index is 11.3. The van der Waals surface area contributed by atoms with Crippen LogP contribution in [0.25, 0.3) is 0 Å². The second kappa shape index (κ2) is 4.01. The number of carbonyl (C=O) groups is 1. The van der Waals surface area contributed by atoms with Gasteiger partial charge in [-0.2, -0.15) is 0 Å². The van der Waals surface area contributed by atoms with Gasteiger partial charge in [0.25, 0.3) is 0 Å². The van der Waals surface area contributed by atoms with Gasteiger partial charge in [-0.05, 0) is 12.1 Å². The minimum atomic E-state index is -1.16. The van der Waals surface area contributed by atoms with Gasteiger partial charge in [0.05, 0.1) is 12.8 Å². The number of hydrogen-bond acceptors (Lipinski definition) is 4. The van der Waals surface area contributed by atoms with Crippen LogP contribution < -0.4 is 5.69 Å². The highest BCUT2D eigenvalue weighted by molar-refractivity contribution is 5.86. The quantitative estimate of drug-likeness (QED) is 0.817. The molecule has 0 aliphatic heterocycles. The summed E-state index contributed by atoms with van der Waals surface area (Å²) in [5, 5.41) is 8.81. The molecule has 0 bridgehead atoms. The van der Waals surface area contributed by atoms with E-state index in [0.717, 1.165) is 0 Å². The Morgan fingerprint density at radius 3 is 3.06 bits per heavy atom. The summed E-state index contributed by atoms with van der Waals surface area (Å²) in [4.78, 5) is 25.6. The van der Waals surface area contributed by atoms with Crippen molar-refractivity contribution in [3.8, 4) is 0 Å². The molecular weight excluding hydrogens is 212 g/mol. The average molecular weight is 220 g/mol. The lowest BCUT2D eigenvalue weighted by Crippen LogP contribution is -2.22. The highest BCUT2D eigenvalue weighted by atomic mass is 16.4. The van der Waals surface area contributed by atoms with E-state index >= 15 is 0 Å². The molecule has 2 heterocycles. The van der Waals surface area contributed by atoms with Crippen molar-refractivity contribution in [3.63, 3.8) is 0 Å². The lowest BCUT2D eigenvalue weighted by molar-refractivity contribution is 0.0660. The SMILES string of the molecule is O=C(O)c1occc1Cn1cccnc1=O. The molecule has 0 unspecified atom stereocenters. The number of aromatic nitrogens is 2. The third-order valence-electron chi connectivity index (χ3n) is 2.06. The van der Waals surface area contributed by atoms with Crippen LogP contribution in [0.2, 0.25) is 0 Å². The van der Waals surface area contributed by atoms with Gasteiger partial charge in [-0.15, -0.1) is 0 Å². The molecule has 0 saturated carbocycles. The molecular formula is C10H8N2O4. The van der Waals surface area contributed by atoms with Crippen molar-refractivity contribution in [3.05, 3.63) is 52.6 Å². The third kappa shape index (κ3) is 1.85. The number of furan rings is 1. The summed E-state index contributed by atoms with van der Waals surface area (Å²) in [5.74, 6) is -1.31. The summed E-state index contributed by atoms with van der Waals surface area (Å²) in [6.45, 7) is 0.130. The molecule has 16 heavy (non-hydrogen) atoms. The van der Waals surface area contributed by atoms with Crippen LogP contribution in [0.5, 0.6) is 0 Å². The van der Waals surface area contributed by atoms with E-state index in [1.165, 1.54) is 29.3 Å². The number of carboxylic acids is 1. The third-order valence-corrected chi connectivity index (χ3v) is 2.06. The largest absolute Gasteiger partial charge is 0.475 e. The topological polar surface area (TPSA) is 85.3 Å². The average Bonchev–Trinajstić information content (AvgIpc) is 2.69. The predicted octanol–water partition coefficient (Wildman–Crippen LogP) is 0.583. The van der Waals surface area contributed by atoms with Crippen LogP contribution in [0, 0.1) is 0 Å². The number of hydrogen-bond donors (Lipinski definition) is 1. The maximum Gasteiger partial charge on any atom is 0.372 e. The van der Waals surface area contributed by atoms with E-state index in [2.05, 4.69) is 4.98 Å². The Labute approximate surface area is 89.8 Å². The van der Waals surface area contributed by atoms with Crippen LogP contribution in [-0.4, -0.2) is 20.6 Å². The molecule has 0 saturated heterocycles. The molecule has 2 rings (SSSR count). The number of carboxylic acid groups (broad SMARTS) is 1. The first-order valence-corrected chi connectivity index (χ1v) is 4.49. The predicted molar refractivity (Wildman–Crippen MR) is 53.3 cm³/mol. The molecule has 1 N–H and O–H groups in total. The van der Waals surface area contributed by atoms with Crippen molar-refractivity contribution < 1.29 is 14.3 Å². The van der Waals surface area contributed by atoms with E-state index in [-0.39, 0.29) is 12.3 Å². The first kappa shape index (κ1) is 10.2. The Hall–Kier alpha value is -2.37. The number of aromatic carboxylic acids is 1. The molecule has 0 atom stereocenters. The van der Waals surface area contributed by atoms with E-state index in [0.29, 0.717) is 5.56 Å². The van der Waals surface area contributed by atoms with Crippen LogP contribution in [0.1, 0.15) is 16.1 Å². The second-order valence-corrected chi connectivity index (χ2v) is 3.11. The van der Waals surface area contributed by atoms with Gasteiger partial charge in [0, 0.05) is 18.0 Å². The normalized spacial score (nSPS) is 10.2. The fraction of sp³-hybridized carbons (Fsp3) is 0.100. The van der Waals surface area contributed by atoms with Gasteiger partial charge in [0.1, 0.15) is 0 Å². The van der Waals surface area contributed by atoms with E-state index in [9.17, 15) is 9.59 Å². The molecule has 2 aromatic rings. The fourth-order valence-corrected chi connectivity index (χ4v) is 1.34. The lowest BCUT2D eigenvalue weighted by Gasteiger charge is -2.02. The van der Waals surface area contributed by atoms with Crippen molar-refractivity contribution in [1.29, 1.82) is 0 Å². The van der Waals surface area contributed by atoms with Gasteiger partial charge in [-0.1, -0.05) is 0 Å². The molecule has 0 aromatic carbocycles. The van der Waals surface area contributed by atoms with Crippen molar-refractivity contribution in [2.75, 3.05) is 0 Å². The van der Waals surface area contributed by atoms with Crippen LogP contribution in [0.15, 0.2) is 40.0 Å². The van der Waals surface area contributed by atoms with Crippen molar-refractivity contribution in [2.24, 2.45) is 0 Å². The van der Waals surface area contributed by atoms with Gasteiger partial charge < -0.3 is 9.52 Å². The van der Waals surface area contributed by atoms with Crippen molar-refractivity contribution in [1.82, 2.24) is 9.55 Å². The first-order valence-electron chi connectivity index (χ1n) is 4.49. The van der Waals surface area contributed by atoms with E-state index in [1.807, 2.05) is 0 Å². The zero-order valence-electron chi connectivity index (χ0n) is 8.16. The summed E-state index contributed by atoms with van der Waals surface area (Å²) in [7, 11) is 0. The summed E-state index contributed by atoms with van der Waals surface area (Å²) in [5.41, 5.74) is 0.00244. The van der Waals surface area contributed by atoms with E-state index < -0.39 is 11.7 Å². The Balaban J connectivity index is 2.35. The summed E-state index contributed by atoms with van der Waals surface area (Å²) in [6, 6.07) is 3.12. The van der Waals surface area contributed by atoms with Gasteiger partial charge in [-0.3, -0.25) is 4.57 Å². The van der Waals surface area contributed by atoms with E-state index in [1.54, 1.807) is 6.07 Å². The van der Waals surface area contributed by atoms with Gasteiger partial charge in [0.2, 0.25) is 5.76 Å². The molecule has 82 valence electrons. The molecule has 0 radical (unpaired) electrons. The Morgan fingerprint density at radius 1 is 1.56 bits per heavy atom. The van der Waals surface area contributed by atoms with Gasteiger partial charge >= 0.3 is 11.7 Å². The van der Waals surface area contributed by atoms with Crippen molar-refractivity contribution in [2.45, 2.75) is 6.54 Å². The molecule has 0 fully saturated rings. The minimum Gasteiger partial charge on any atom is -0.475 e. The van der Waals surface area contributed by atoms with Crippen LogP contribution in [-0.2, 0) is 6.54 Å². The molecule has 2 aromatic heterocycles. The van der Waals surface area contributed by atoms with Gasteiger partial charge in [0.15, 0.2) is 0 Å². The highest BCUT2D eigenvalue weighted by Gasteiger charge is 2.14. The fourth-order valence-electron chi connectivity index (χ4n) is 1.34. The number of nitrogens with zero attached hydrogens (tertiary/aromatic N) is 2. The molecule has 6 heteroatoms. The lowest BCUT2D eigenvalue weighted by atomic mass is 10.2. The standard InChI is InChI=1S/C10H8N2O4/c13-9(14)8-7(2-5-16-8)6-12-4-1-3-11-10(12)15/h1-5H,6H2,(H,13,14). The molecule has 6 nitrogen and oxygen atoms in total. The zero-order chi connectivity index (χ0) is 11.5. The van der Waals surface area contributed by atoms with Crippen molar-refractivity contribution >= 4 is 5.97 Å². The molecule has 0 aliphatic rings. The van der Waals surface area contributed by atoms with Crippen LogP contribution >= 0.6 is 0 Å². The Morgan fingerprint density at radius 2 is 2.38 bits per heavy atom. The van der Waals surface area contributed by atoms with Crippen LogP contribution in [0.4, 0.5) is 0 Å². The second-order valence-electron chi connectivity index (χ2n) is 3.11. The molecule has 0 amide bonds. The zero-order valence-corrected chi connectivity index (χ0v) is 8.16. The maximum atomic E-state index is 11.3. The monoisotopic (exact) mass is 220 g/mol. The molecule has 0 spiro atoms. The summed E-state index contributed by atoms with van der Waals surface area (Å²) >= 11 is 0. The minimum absolute atomic E-state index is 0.130. The Kier molecular flexibility index (Phi) is 2.55. The molecule has 0 aliphatic carbocycles. The summed E-state index contributed by atoms with van der Waals surface area (Å²) in [6.07, 6.45) is 4.19. The smallest absolute Gasteiger partial charge is 0.372 e. The van der Waals surface area contributed by atoms with E-state index in [4.69, 9.17) is 9.52 Å². The van der Waals surface area contributed by atoms with Crippen LogP contribution in [0.3, 0.4) is 0 Å². The number of rotatable bonds is 3.